The van der Waals surface area contributed by atoms with Crippen LogP contribution in [0, 0.1) is 5.82 Å². The lowest BCUT2D eigenvalue weighted by molar-refractivity contribution is 0.414. The SMILES string of the molecule is COc1ccc(F)c(NCc2ccc(O)cc2)c1. The van der Waals surface area contributed by atoms with Crippen LogP contribution in [0.1, 0.15) is 5.56 Å². The number of nitrogens with one attached hydrogen (secondary N) is 1. The maximum atomic E-state index is 13.5. The molecule has 0 spiro atoms. The van der Waals surface area contributed by atoms with Crippen LogP contribution in [0.3, 0.4) is 0 Å². The number of rotatable bonds is 4. The first-order valence-corrected chi connectivity index (χ1v) is 5.54. The molecule has 3 nitrogen and oxygen atoms in total. The third-order valence-corrected chi connectivity index (χ3v) is 2.59. The zero-order chi connectivity index (χ0) is 13.0. The Kier molecular flexibility index (Phi) is 3.67. The number of aromatic hydroxyl groups is 1. The summed E-state index contributed by atoms with van der Waals surface area (Å²) in [6.45, 7) is 0.477. The van der Waals surface area contributed by atoms with Crippen LogP contribution in [0.2, 0.25) is 0 Å². The lowest BCUT2D eigenvalue weighted by Gasteiger charge is -2.09. The van der Waals surface area contributed by atoms with Crippen LogP contribution in [0.25, 0.3) is 0 Å². The summed E-state index contributed by atoms with van der Waals surface area (Å²) in [7, 11) is 1.54. The van der Waals surface area contributed by atoms with Crippen molar-refractivity contribution in [2.75, 3.05) is 12.4 Å². The highest BCUT2D eigenvalue weighted by molar-refractivity contribution is 5.50. The second-order valence-corrected chi connectivity index (χ2v) is 3.87. The van der Waals surface area contributed by atoms with E-state index >= 15 is 0 Å². The fourth-order valence-electron chi connectivity index (χ4n) is 1.58. The number of hydrogen-bond acceptors (Lipinski definition) is 3. The standard InChI is InChI=1S/C14H14FNO2/c1-18-12-6-7-13(15)14(8-12)16-9-10-2-4-11(17)5-3-10/h2-8,16-17H,9H2,1H3. The van der Waals surface area contributed by atoms with Crippen molar-refractivity contribution in [1.82, 2.24) is 0 Å². The predicted octanol–water partition coefficient (Wildman–Crippen LogP) is 3.15. The molecular weight excluding hydrogens is 233 g/mol. The molecule has 0 aromatic heterocycles. The lowest BCUT2D eigenvalue weighted by atomic mass is 10.2. The zero-order valence-electron chi connectivity index (χ0n) is 9.98. The van der Waals surface area contributed by atoms with Crippen molar-refractivity contribution in [3.63, 3.8) is 0 Å². The third-order valence-electron chi connectivity index (χ3n) is 2.59. The molecule has 2 rings (SSSR count). The van der Waals surface area contributed by atoms with E-state index in [0.717, 1.165) is 5.56 Å². The molecule has 0 atom stereocenters. The molecule has 0 aliphatic rings. The molecule has 0 radical (unpaired) electrons. The second-order valence-electron chi connectivity index (χ2n) is 3.87. The Bertz CT molecular complexity index is 526. The van der Waals surface area contributed by atoms with Crippen LogP contribution in [-0.2, 0) is 6.54 Å². The maximum absolute atomic E-state index is 13.5. The Hall–Kier alpha value is -2.23. The van der Waals surface area contributed by atoms with Crippen LogP contribution in [0.4, 0.5) is 10.1 Å². The number of phenolic OH excluding ortho intramolecular Hbond substituents is 1. The zero-order valence-corrected chi connectivity index (χ0v) is 9.98. The fraction of sp³-hybridized carbons (Fsp3) is 0.143. The van der Waals surface area contributed by atoms with Crippen LogP contribution in [0.15, 0.2) is 42.5 Å². The van der Waals surface area contributed by atoms with Gasteiger partial charge in [0.05, 0.1) is 12.8 Å². The minimum atomic E-state index is -0.324. The second kappa shape index (κ2) is 5.40. The number of methoxy groups -OCH3 is 1. The molecule has 0 saturated carbocycles. The molecule has 4 heteroatoms. The molecule has 2 aromatic carbocycles. The Morgan fingerprint density at radius 1 is 1.17 bits per heavy atom. The van der Waals surface area contributed by atoms with Crippen molar-refractivity contribution in [3.8, 4) is 11.5 Å². The molecular formula is C14H14FNO2. The highest BCUT2D eigenvalue weighted by Crippen LogP contribution is 2.21. The van der Waals surface area contributed by atoms with E-state index in [1.807, 2.05) is 0 Å². The molecule has 0 saturated heterocycles. The normalized spacial score (nSPS) is 10.1. The van der Waals surface area contributed by atoms with E-state index in [-0.39, 0.29) is 11.6 Å². The van der Waals surface area contributed by atoms with Gasteiger partial charge in [0.25, 0.3) is 0 Å². The van der Waals surface area contributed by atoms with Crippen molar-refractivity contribution >= 4 is 5.69 Å². The molecule has 18 heavy (non-hydrogen) atoms. The summed E-state index contributed by atoms with van der Waals surface area (Å²) in [5, 5.41) is 12.1. The van der Waals surface area contributed by atoms with Crippen LogP contribution < -0.4 is 10.1 Å². The molecule has 94 valence electrons. The first-order valence-electron chi connectivity index (χ1n) is 5.54. The highest BCUT2D eigenvalue weighted by atomic mass is 19.1. The number of hydrogen-bond donors (Lipinski definition) is 2. The number of phenols is 1. The maximum Gasteiger partial charge on any atom is 0.146 e. The van der Waals surface area contributed by atoms with Crippen molar-refractivity contribution < 1.29 is 14.2 Å². The first-order chi connectivity index (χ1) is 8.69. The smallest absolute Gasteiger partial charge is 0.146 e. The Morgan fingerprint density at radius 2 is 1.89 bits per heavy atom. The Labute approximate surface area is 105 Å². The van der Waals surface area contributed by atoms with Gasteiger partial charge in [0, 0.05) is 12.6 Å². The molecule has 2 aromatic rings. The van der Waals surface area contributed by atoms with Crippen molar-refractivity contribution in [3.05, 3.63) is 53.8 Å². The summed E-state index contributed by atoms with van der Waals surface area (Å²) >= 11 is 0. The van der Waals surface area contributed by atoms with Gasteiger partial charge in [-0.15, -0.1) is 0 Å². The number of ether oxygens (including phenoxy) is 1. The topological polar surface area (TPSA) is 41.5 Å². The van der Waals surface area contributed by atoms with Gasteiger partial charge in [-0.1, -0.05) is 12.1 Å². The van der Waals surface area contributed by atoms with E-state index in [0.29, 0.717) is 18.0 Å². The van der Waals surface area contributed by atoms with E-state index in [9.17, 15) is 4.39 Å². The fourth-order valence-corrected chi connectivity index (χ4v) is 1.58. The number of halogens is 1. The quantitative estimate of drug-likeness (QED) is 0.872. The largest absolute Gasteiger partial charge is 0.508 e. The molecule has 0 heterocycles. The van der Waals surface area contributed by atoms with Gasteiger partial charge in [0.1, 0.15) is 17.3 Å². The molecule has 2 N–H and O–H groups in total. The van der Waals surface area contributed by atoms with E-state index in [2.05, 4.69) is 5.32 Å². The average Bonchev–Trinajstić information content (AvgIpc) is 2.40. The van der Waals surface area contributed by atoms with E-state index in [4.69, 9.17) is 9.84 Å². The van der Waals surface area contributed by atoms with Crippen molar-refractivity contribution in [2.24, 2.45) is 0 Å². The van der Waals surface area contributed by atoms with Gasteiger partial charge < -0.3 is 15.2 Å². The minimum Gasteiger partial charge on any atom is -0.508 e. The number of anilines is 1. The Balaban J connectivity index is 2.07. The van der Waals surface area contributed by atoms with E-state index < -0.39 is 0 Å². The summed E-state index contributed by atoms with van der Waals surface area (Å²) in [5.41, 5.74) is 1.34. The Morgan fingerprint density at radius 3 is 2.56 bits per heavy atom. The minimum absolute atomic E-state index is 0.214. The van der Waals surface area contributed by atoms with Gasteiger partial charge in [0.15, 0.2) is 0 Å². The lowest BCUT2D eigenvalue weighted by Crippen LogP contribution is -2.01. The molecule has 0 unspecified atom stereocenters. The molecule has 0 amide bonds. The van der Waals surface area contributed by atoms with Crippen LogP contribution in [-0.4, -0.2) is 12.2 Å². The molecule has 0 fully saturated rings. The summed E-state index contributed by atoms with van der Waals surface area (Å²) in [5.74, 6) is 0.491. The summed E-state index contributed by atoms with van der Waals surface area (Å²) in [4.78, 5) is 0. The van der Waals surface area contributed by atoms with Crippen LogP contribution in [0.5, 0.6) is 11.5 Å². The van der Waals surface area contributed by atoms with Gasteiger partial charge in [-0.2, -0.15) is 0 Å². The van der Waals surface area contributed by atoms with Gasteiger partial charge in [0.2, 0.25) is 0 Å². The van der Waals surface area contributed by atoms with Crippen molar-refractivity contribution in [1.29, 1.82) is 0 Å². The first kappa shape index (κ1) is 12.2. The van der Waals surface area contributed by atoms with Gasteiger partial charge in [-0.05, 0) is 29.8 Å². The van der Waals surface area contributed by atoms with Gasteiger partial charge in [-0.25, -0.2) is 4.39 Å². The van der Waals surface area contributed by atoms with Crippen molar-refractivity contribution in [2.45, 2.75) is 6.54 Å². The molecule has 0 aliphatic carbocycles. The summed E-state index contributed by atoms with van der Waals surface area (Å²) in [6, 6.07) is 11.3. The number of benzene rings is 2. The van der Waals surface area contributed by atoms with Gasteiger partial charge in [-0.3, -0.25) is 0 Å². The molecule has 0 aliphatic heterocycles. The van der Waals surface area contributed by atoms with Crippen LogP contribution >= 0.6 is 0 Å². The monoisotopic (exact) mass is 247 g/mol. The van der Waals surface area contributed by atoms with E-state index in [1.165, 1.54) is 13.2 Å². The molecule has 0 bridgehead atoms. The summed E-state index contributed by atoms with van der Waals surface area (Å²) < 4.78 is 18.6. The van der Waals surface area contributed by atoms with Gasteiger partial charge >= 0.3 is 0 Å². The summed E-state index contributed by atoms with van der Waals surface area (Å²) in [6.07, 6.45) is 0. The predicted molar refractivity (Wildman–Crippen MR) is 68.4 cm³/mol. The average molecular weight is 247 g/mol. The third kappa shape index (κ3) is 2.91. The highest BCUT2D eigenvalue weighted by Gasteiger charge is 2.03. The van der Waals surface area contributed by atoms with E-state index in [1.54, 1.807) is 36.4 Å².